The van der Waals surface area contributed by atoms with Gasteiger partial charge < -0.3 is 15.2 Å². The number of alkyl halides is 3. The predicted molar refractivity (Wildman–Crippen MR) is 79.7 cm³/mol. The first-order chi connectivity index (χ1) is 10.3. The molecular formula is C16H22F3NO2. The molecule has 0 aromatic heterocycles. The van der Waals surface area contributed by atoms with Crippen molar-refractivity contribution < 1.29 is 23.0 Å². The SMILES string of the molecule is C=C(C)COCCNCC(O)Cc1ccc(C(F)(F)F)cc1. The monoisotopic (exact) mass is 317 g/mol. The summed E-state index contributed by atoms with van der Waals surface area (Å²) in [6.07, 6.45) is -4.68. The molecule has 0 saturated carbocycles. The Labute approximate surface area is 128 Å². The summed E-state index contributed by atoms with van der Waals surface area (Å²) in [5.41, 5.74) is 0.932. The van der Waals surface area contributed by atoms with Gasteiger partial charge in [-0.3, -0.25) is 0 Å². The van der Waals surface area contributed by atoms with E-state index in [1.54, 1.807) is 0 Å². The second kappa shape index (κ2) is 8.92. The summed E-state index contributed by atoms with van der Waals surface area (Å²) < 4.78 is 42.6. The minimum atomic E-state index is -4.33. The smallest absolute Gasteiger partial charge is 0.391 e. The van der Waals surface area contributed by atoms with Crippen molar-refractivity contribution in [2.75, 3.05) is 26.3 Å². The minimum absolute atomic E-state index is 0.303. The summed E-state index contributed by atoms with van der Waals surface area (Å²) in [5, 5.41) is 12.9. The summed E-state index contributed by atoms with van der Waals surface area (Å²) in [6, 6.07) is 4.84. The van der Waals surface area contributed by atoms with Gasteiger partial charge in [-0.25, -0.2) is 0 Å². The molecule has 0 radical (unpaired) electrons. The maximum Gasteiger partial charge on any atom is 0.416 e. The summed E-state index contributed by atoms with van der Waals surface area (Å²) in [4.78, 5) is 0. The van der Waals surface area contributed by atoms with Crippen LogP contribution in [0.1, 0.15) is 18.1 Å². The number of nitrogens with one attached hydrogen (secondary N) is 1. The molecule has 22 heavy (non-hydrogen) atoms. The van der Waals surface area contributed by atoms with Crippen molar-refractivity contribution in [3.63, 3.8) is 0 Å². The van der Waals surface area contributed by atoms with Crippen molar-refractivity contribution in [3.8, 4) is 0 Å². The van der Waals surface area contributed by atoms with Gasteiger partial charge in [-0.15, -0.1) is 0 Å². The van der Waals surface area contributed by atoms with E-state index >= 15 is 0 Å². The fraction of sp³-hybridized carbons (Fsp3) is 0.500. The minimum Gasteiger partial charge on any atom is -0.391 e. The second-order valence-corrected chi connectivity index (χ2v) is 5.27. The number of ether oxygens (including phenoxy) is 1. The molecule has 0 aliphatic heterocycles. The Hall–Kier alpha value is -1.37. The van der Waals surface area contributed by atoms with Crippen LogP contribution in [0.2, 0.25) is 0 Å². The van der Waals surface area contributed by atoms with Crippen molar-refractivity contribution in [2.24, 2.45) is 0 Å². The van der Waals surface area contributed by atoms with E-state index in [0.717, 1.165) is 17.7 Å². The number of aliphatic hydroxyl groups is 1. The van der Waals surface area contributed by atoms with E-state index in [0.29, 0.717) is 38.3 Å². The molecule has 0 fully saturated rings. The van der Waals surface area contributed by atoms with Crippen LogP contribution >= 0.6 is 0 Å². The van der Waals surface area contributed by atoms with E-state index in [1.807, 2.05) is 6.92 Å². The molecule has 1 atom stereocenters. The van der Waals surface area contributed by atoms with Crippen LogP contribution in [0.15, 0.2) is 36.4 Å². The zero-order valence-electron chi connectivity index (χ0n) is 12.6. The van der Waals surface area contributed by atoms with E-state index in [4.69, 9.17) is 4.74 Å². The Morgan fingerprint density at radius 1 is 1.32 bits per heavy atom. The van der Waals surface area contributed by atoms with Gasteiger partial charge in [-0.2, -0.15) is 13.2 Å². The first kappa shape index (κ1) is 18.7. The van der Waals surface area contributed by atoms with Gasteiger partial charge in [0.1, 0.15) is 0 Å². The van der Waals surface area contributed by atoms with E-state index < -0.39 is 17.8 Å². The fourth-order valence-electron chi connectivity index (χ4n) is 1.83. The Balaban J connectivity index is 2.24. The van der Waals surface area contributed by atoms with Crippen LogP contribution < -0.4 is 5.32 Å². The molecule has 0 spiro atoms. The lowest BCUT2D eigenvalue weighted by Crippen LogP contribution is -2.30. The highest BCUT2D eigenvalue weighted by atomic mass is 19.4. The quantitative estimate of drug-likeness (QED) is 0.543. The molecular weight excluding hydrogens is 295 g/mol. The van der Waals surface area contributed by atoms with Gasteiger partial charge in [0.15, 0.2) is 0 Å². The standard InChI is InChI=1S/C16H22F3NO2/c1-12(2)11-22-8-7-20-10-15(21)9-13-3-5-14(6-4-13)16(17,18)19/h3-6,15,20-21H,1,7-11H2,2H3. The first-order valence-electron chi connectivity index (χ1n) is 7.06. The summed E-state index contributed by atoms with van der Waals surface area (Å²) in [7, 11) is 0. The molecule has 0 saturated heterocycles. The fourth-order valence-corrected chi connectivity index (χ4v) is 1.83. The molecule has 0 bridgehead atoms. The van der Waals surface area contributed by atoms with Crippen molar-refractivity contribution >= 4 is 0 Å². The topological polar surface area (TPSA) is 41.5 Å². The van der Waals surface area contributed by atoms with Crippen molar-refractivity contribution in [1.29, 1.82) is 0 Å². The lowest BCUT2D eigenvalue weighted by atomic mass is 10.1. The number of hydrogen-bond donors (Lipinski definition) is 2. The van der Waals surface area contributed by atoms with E-state index in [2.05, 4.69) is 11.9 Å². The highest BCUT2D eigenvalue weighted by molar-refractivity contribution is 5.25. The normalized spacial score (nSPS) is 13.1. The Bertz CT molecular complexity index is 457. The third kappa shape index (κ3) is 7.59. The first-order valence-corrected chi connectivity index (χ1v) is 7.06. The highest BCUT2D eigenvalue weighted by Gasteiger charge is 2.29. The molecule has 1 aromatic rings. The van der Waals surface area contributed by atoms with Crippen LogP contribution in [0.4, 0.5) is 13.2 Å². The zero-order valence-corrected chi connectivity index (χ0v) is 12.6. The van der Waals surface area contributed by atoms with Gasteiger partial charge in [0, 0.05) is 13.1 Å². The molecule has 3 nitrogen and oxygen atoms in total. The van der Waals surface area contributed by atoms with Crippen molar-refractivity contribution in [1.82, 2.24) is 5.32 Å². The average Bonchev–Trinajstić information content (AvgIpc) is 2.42. The lowest BCUT2D eigenvalue weighted by Gasteiger charge is -2.13. The molecule has 2 N–H and O–H groups in total. The Morgan fingerprint density at radius 2 is 1.95 bits per heavy atom. The average molecular weight is 317 g/mol. The molecule has 0 amide bonds. The maximum absolute atomic E-state index is 12.4. The third-order valence-electron chi connectivity index (χ3n) is 2.90. The molecule has 6 heteroatoms. The predicted octanol–water partition coefficient (Wildman–Crippen LogP) is 2.79. The molecule has 1 unspecified atom stereocenters. The summed E-state index contributed by atoms with van der Waals surface area (Å²) >= 11 is 0. The zero-order chi connectivity index (χ0) is 16.6. The molecule has 0 aliphatic rings. The third-order valence-corrected chi connectivity index (χ3v) is 2.90. The van der Waals surface area contributed by atoms with Gasteiger partial charge in [0.05, 0.1) is 24.9 Å². The number of rotatable bonds is 9. The molecule has 1 rings (SSSR count). The molecule has 124 valence electrons. The second-order valence-electron chi connectivity index (χ2n) is 5.27. The summed E-state index contributed by atoms with van der Waals surface area (Å²) in [5.74, 6) is 0. The van der Waals surface area contributed by atoms with Crippen LogP contribution in [0, 0.1) is 0 Å². The molecule has 0 aliphatic carbocycles. The Kier molecular flexibility index (Phi) is 7.58. The molecule has 1 aromatic carbocycles. The van der Waals surface area contributed by atoms with Crippen LogP contribution in [-0.2, 0) is 17.3 Å². The van der Waals surface area contributed by atoms with Crippen molar-refractivity contribution in [3.05, 3.63) is 47.5 Å². The number of aliphatic hydroxyl groups excluding tert-OH is 1. The number of hydrogen-bond acceptors (Lipinski definition) is 3. The number of halogens is 3. The van der Waals surface area contributed by atoms with Crippen LogP contribution in [0.5, 0.6) is 0 Å². The van der Waals surface area contributed by atoms with E-state index in [-0.39, 0.29) is 0 Å². The molecule has 0 heterocycles. The summed E-state index contributed by atoms with van der Waals surface area (Å²) in [6.45, 7) is 7.57. The highest BCUT2D eigenvalue weighted by Crippen LogP contribution is 2.29. The van der Waals surface area contributed by atoms with E-state index in [9.17, 15) is 18.3 Å². The number of benzene rings is 1. The van der Waals surface area contributed by atoms with E-state index in [1.165, 1.54) is 12.1 Å². The van der Waals surface area contributed by atoms with Crippen LogP contribution in [0.25, 0.3) is 0 Å². The van der Waals surface area contributed by atoms with Gasteiger partial charge >= 0.3 is 6.18 Å². The largest absolute Gasteiger partial charge is 0.416 e. The van der Waals surface area contributed by atoms with Crippen LogP contribution in [-0.4, -0.2) is 37.5 Å². The Morgan fingerprint density at radius 3 is 2.50 bits per heavy atom. The van der Waals surface area contributed by atoms with Gasteiger partial charge in [0.25, 0.3) is 0 Å². The van der Waals surface area contributed by atoms with Gasteiger partial charge in [0.2, 0.25) is 0 Å². The van der Waals surface area contributed by atoms with Crippen molar-refractivity contribution in [2.45, 2.75) is 25.6 Å². The van der Waals surface area contributed by atoms with Crippen LogP contribution in [0.3, 0.4) is 0 Å². The maximum atomic E-state index is 12.4. The van der Waals surface area contributed by atoms with Gasteiger partial charge in [-0.05, 0) is 31.0 Å². The van der Waals surface area contributed by atoms with Gasteiger partial charge in [-0.1, -0.05) is 24.3 Å². The lowest BCUT2D eigenvalue weighted by molar-refractivity contribution is -0.137.